The van der Waals surface area contributed by atoms with Crippen LogP contribution in [0.4, 0.5) is 9.18 Å². The van der Waals surface area contributed by atoms with Gasteiger partial charge in [-0.2, -0.15) is 0 Å². The SMILES string of the molecule is NC(=O)NC(=O)COc1ccc(S(N)(=O)=O)cc1F. The van der Waals surface area contributed by atoms with E-state index >= 15 is 0 Å². The molecule has 3 amide bonds. The summed E-state index contributed by atoms with van der Waals surface area (Å²) in [5.74, 6) is -2.26. The van der Waals surface area contributed by atoms with E-state index in [4.69, 9.17) is 9.88 Å². The lowest BCUT2D eigenvalue weighted by molar-refractivity contribution is -0.121. The van der Waals surface area contributed by atoms with Crippen LogP contribution in [0.15, 0.2) is 23.1 Å². The average molecular weight is 291 g/mol. The van der Waals surface area contributed by atoms with E-state index in [1.54, 1.807) is 5.32 Å². The number of carbonyl (C=O) groups is 2. The molecule has 0 saturated carbocycles. The highest BCUT2D eigenvalue weighted by Gasteiger charge is 2.13. The zero-order chi connectivity index (χ0) is 14.6. The normalized spacial score (nSPS) is 10.8. The van der Waals surface area contributed by atoms with Crippen LogP contribution in [0.25, 0.3) is 0 Å². The zero-order valence-corrected chi connectivity index (χ0v) is 10.2. The second-order valence-corrected chi connectivity index (χ2v) is 4.90. The fourth-order valence-electron chi connectivity index (χ4n) is 1.09. The largest absolute Gasteiger partial charge is 0.481 e. The van der Waals surface area contributed by atoms with Gasteiger partial charge in [-0.15, -0.1) is 0 Å². The second-order valence-electron chi connectivity index (χ2n) is 3.34. The maximum atomic E-state index is 13.4. The fraction of sp³-hybridized carbons (Fsp3) is 0.111. The van der Waals surface area contributed by atoms with Crippen LogP contribution < -0.4 is 20.9 Å². The molecule has 0 aromatic heterocycles. The topological polar surface area (TPSA) is 142 Å². The van der Waals surface area contributed by atoms with E-state index < -0.39 is 39.3 Å². The molecule has 5 N–H and O–H groups in total. The summed E-state index contributed by atoms with van der Waals surface area (Å²) in [5.41, 5.74) is 4.68. The third-order valence-corrected chi connectivity index (χ3v) is 2.76. The van der Waals surface area contributed by atoms with Crippen molar-refractivity contribution in [1.29, 1.82) is 0 Å². The second kappa shape index (κ2) is 5.63. The molecule has 0 aliphatic rings. The molecule has 0 atom stereocenters. The van der Waals surface area contributed by atoms with Gasteiger partial charge in [0.05, 0.1) is 4.90 Å². The van der Waals surface area contributed by atoms with Crippen molar-refractivity contribution in [2.45, 2.75) is 4.90 Å². The van der Waals surface area contributed by atoms with Crippen LogP contribution in [0.5, 0.6) is 5.75 Å². The molecule has 0 radical (unpaired) electrons. The number of nitrogens with two attached hydrogens (primary N) is 2. The van der Waals surface area contributed by atoms with Crippen molar-refractivity contribution in [3.8, 4) is 5.75 Å². The number of sulfonamides is 1. The molecular weight excluding hydrogens is 281 g/mol. The Balaban J connectivity index is 2.76. The Kier molecular flexibility index (Phi) is 4.40. The number of carbonyl (C=O) groups excluding carboxylic acids is 2. The maximum Gasteiger partial charge on any atom is 0.318 e. The zero-order valence-electron chi connectivity index (χ0n) is 9.42. The fourth-order valence-corrected chi connectivity index (χ4v) is 1.62. The molecular formula is C9H10FN3O5S. The van der Waals surface area contributed by atoms with Crippen molar-refractivity contribution >= 4 is 22.0 Å². The highest BCUT2D eigenvalue weighted by Crippen LogP contribution is 2.20. The van der Waals surface area contributed by atoms with Crippen LogP contribution in [-0.4, -0.2) is 27.0 Å². The van der Waals surface area contributed by atoms with Gasteiger partial charge >= 0.3 is 6.03 Å². The number of ether oxygens (including phenoxy) is 1. The Morgan fingerprint density at radius 1 is 1.37 bits per heavy atom. The molecule has 0 aliphatic carbocycles. The number of nitrogens with one attached hydrogen (secondary N) is 1. The molecule has 19 heavy (non-hydrogen) atoms. The van der Waals surface area contributed by atoms with E-state index in [-0.39, 0.29) is 5.75 Å². The Labute approximate surface area is 107 Å². The lowest BCUT2D eigenvalue weighted by atomic mass is 10.3. The number of halogens is 1. The first-order valence-corrected chi connectivity index (χ1v) is 6.29. The summed E-state index contributed by atoms with van der Waals surface area (Å²) in [7, 11) is -4.03. The van der Waals surface area contributed by atoms with Crippen molar-refractivity contribution in [2.75, 3.05) is 6.61 Å². The lowest BCUT2D eigenvalue weighted by Gasteiger charge is -2.07. The number of rotatable bonds is 4. The molecule has 0 bridgehead atoms. The van der Waals surface area contributed by atoms with Crippen LogP contribution in [0.3, 0.4) is 0 Å². The average Bonchev–Trinajstić information content (AvgIpc) is 2.25. The molecule has 0 unspecified atom stereocenters. The molecule has 0 heterocycles. The third kappa shape index (κ3) is 4.52. The van der Waals surface area contributed by atoms with E-state index in [0.29, 0.717) is 6.07 Å². The number of hydrogen-bond acceptors (Lipinski definition) is 5. The van der Waals surface area contributed by atoms with Gasteiger partial charge in [0, 0.05) is 0 Å². The van der Waals surface area contributed by atoms with Crippen LogP contribution in [-0.2, 0) is 14.8 Å². The number of imide groups is 1. The highest BCUT2D eigenvalue weighted by atomic mass is 32.2. The summed E-state index contributed by atoms with van der Waals surface area (Å²) < 4.78 is 40.0. The van der Waals surface area contributed by atoms with Gasteiger partial charge in [-0.1, -0.05) is 0 Å². The predicted molar refractivity (Wildman–Crippen MR) is 61.0 cm³/mol. The molecule has 0 saturated heterocycles. The Morgan fingerprint density at radius 3 is 2.47 bits per heavy atom. The summed E-state index contributed by atoms with van der Waals surface area (Å²) in [6.45, 7) is -0.658. The molecule has 0 aliphatic heterocycles. The van der Waals surface area contributed by atoms with E-state index in [0.717, 1.165) is 12.1 Å². The van der Waals surface area contributed by atoms with Crippen LogP contribution >= 0.6 is 0 Å². The van der Waals surface area contributed by atoms with Gasteiger partial charge in [-0.25, -0.2) is 22.7 Å². The first kappa shape index (κ1) is 14.9. The molecule has 0 fully saturated rings. The minimum Gasteiger partial charge on any atom is -0.481 e. The van der Waals surface area contributed by atoms with Crippen molar-refractivity contribution in [1.82, 2.24) is 5.32 Å². The third-order valence-electron chi connectivity index (χ3n) is 1.85. The summed E-state index contributed by atoms with van der Waals surface area (Å²) in [5, 5.41) is 6.51. The van der Waals surface area contributed by atoms with Gasteiger partial charge in [-0.05, 0) is 18.2 Å². The summed E-state index contributed by atoms with van der Waals surface area (Å²) in [4.78, 5) is 20.9. The summed E-state index contributed by atoms with van der Waals surface area (Å²) in [6.07, 6.45) is 0. The van der Waals surface area contributed by atoms with Crippen molar-refractivity contribution < 1.29 is 27.1 Å². The molecule has 104 valence electrons. The van der Waals surface area contributed by atoms with Crippen molar-refractivity contribution in [2.24, 2.45) is 10.9 Å². The summed E-state index contributed by atoms with van der Waals surface area (Å²) >= 11 is 0. The van der Waals surface area contributed by atoms with Gasteiger partial charge in [0.2, 0.25) is 10.0 Å². The van der Waals surface area contributed by atoms with Crippen LogP contribution in [0, 0.1) is 5.82 Å². The smallest absolute Gasteiger partial charge is 0.318 e. The molecule has 10 heteroatoms. The van der Waals surface area contributed by atoms with Gasteiger partial charge in [0.15, 0.2) is 18.2 Å². The van der Waals surface area contributed by atoms with E-state index in [2.05, 4.69) is 5.73 Å². The van der Waals surface area contributed by atoms with Crippen LogP contribution in [0.1, 0.15) is 0 Å². The summed E-state index contributed by atoms with van der Waals surface area (Å²) in [6, 6.07) is 1.59. The standard InChI is InChI=1S/C9H10FN3O5S/c10-6-3-5(19(12,16)17)1-2-7(6)18-4-8(14)13-9(11)15/h1-3H,4H2,(H2,12,16,17)(H3,11,13,14,15). The molecule has 0 spiro atoms. The predicted octanol–water partition coefficient (Wildman–Crippen LogP) is -0.953. The monoisotopic (exact) mass is 291 g/mol. The van der Waals surface area contributed by atoms with E-state index in [1.165, 1.54) is 0 Å². The number of primary amides is 1. The Morgan fingerprint density at radius 2 is 2.00 bits per heavy atom. The van der Waals surface area contributed by atoms with Crippen molar-refractivity contribution in [3.63, 3.8) is 0 Å². The van der Waals surface area contributed by atoms with Crippen LogP contribution in [0.2, 0.25) is 0 Å². The van der Waals surface area contributed by atoms with E-state index in [9.17, 15) is 22.4 Å². The minimum atomic E-state index is -4.03. The number of urea groups is 1. The molecule has 8 nitrogen and oxygen atoms in total. The maximum absolute atomic E-state index is 13.4. The van der Waals surface area contributed by atoms with Gasteiger partial charge in [-0.3, -0.25) is 10.1 Å². The van der Waals surface area contributed by atoms with E-state index in [1.807, 2.05) is 0 Å². The van der Waals surface area contributed by atoms with Gasteiger partial charge in [0.1, 0.15) is 0 Å². The first-order chi connectivity index (χ1) is 8.70. The minimum absolute atomic E-state index is 0.368. The van der Waals surface area contributed by atoms with Crippen molar-refractivity contribution in [3.05, 3.63) is 24.0 Å². The van der Waals surface area contributed by atoms with Gasteiger partial charge in [0.25, 0.3) is 5.91 Å². The quantitative estimate of drug-likeness (QED) is 0.655. The molecule has 1 rings (SSSR count). The number of amides is 3. The van der Waals surface area contributed by atoms with Gasteiger partial charge < -0.3 is 10.5 Å². The number of benzene rings is 1. The number of primary sulfonamides is 1. The highest BCUT2D eigenvalue weighted by molar-refractivity contribution is 7.89. The first-order valence-electron chi connectivity index (χ1n) is 4.74. The Bertz CT molecular complexity index is 616. The molecule has 1 aromatic carbocycles. The lowest BCUT2D eigenvalue weighted by Crippen LogP contribution is -2.38. The number of hydrogen-bond donors (Lipinski definition) is 3. The Hall–Kier alpha value is -2.20. The molecule has 1 aromatic rings.